The first-order valence-corrected chi connectivity index (χ1v) is 10.5. The average molecular weight is 367 g/mol. The maximum Gasteiger partial charge on any atom is 0.207 e. The zero-order chi connectivity index (χ0) is 19.0. The minimum atomic E-state index is 0.656. The van der Waals surface area contributed by atoms with Gasteiger partial charge in [-0.1, -0.05) is 53.4 Å². The van der Waals surface area contributed by atoms with Crippen molar-refractivity contribution in [2.24, 2.45) is 0 Å². The van der Waals surface area contributed by atoms with Gasteiger partial charge in [-0.25, -0.2) is 0 Å². The normalized spacial score (nSPS) is 10.6. The monoisotopic (exact) mass is 366 g/mol. The molecule has 0 unspecified atom stereocenters. The maximum absolute atomic E-state index is 6.09. The zero-order valence-corrected chi connectivity index (χ0v) is 17.3. The van der Waals surface area contributed by atoms with E-state index in [4.69, 9.17) is 18.9 Å². The first-order valence-electron chi connectivity index (χ1n) is 10.5. The van der Waals surface area contributed by atoms with Crippen molar-refractivity contribution in [3.8, 4) is 23.0 Å². The Kier molecular flexibility index (Phi) is 12.6. The molecule has 1 aromatic carbocycles. The summed E-state index contributed by atoms with van der Waals surface area (Å²) in [5, 5.41) is 0. The molecule has 0 aliphatic heterocycles. The van der Waals surface area contributed by atoms with Crippen LogP contribution < -0.4 is 18.9 Å². The van der Waals surface area contributed by atoms with Crippen LogP contribution in [0.3, 0.4) is 0 Å². The highest BCUT2D eigenvalue weighted by Crippen LogP contribution is 2.45. The van der Waals surface area contributed by atoms with Crippen molar-refractivity contribution in [2.45, 2.75) is 79.1 Å². The highest BCUT2D eigenvalue weighted by atomic mass is 16.6. The molecule has 0 amide bonds. The molecule has 0 saturated carbocycles. The molecule has 150 valence electrons. The lowest BCUT2D eigenvalue weighted by Gasteiger charge is -2.20. The lowest BCUT2D eigenvalue weighted by molar-refractivity contribution is 0.222. The fourth-order valence-electron chi connectivity index (χ4n) is 2.32. The third-order valence-corrected chi connectivity index (χ3v) is 4.04. The SMILES string of the molecule is CCCCOc1ccc(OCCCC)c(OCCCC)c1OCCCC. The summed E-state index contributed by atoms with van der Waals surface area (Å²) in [6.07, 6.45) is 8.43. The fourth-order valence-corrected chi connectivity index (χ4v) is 2.32. The summed E-state index contributed by atoms with van der Waals surface area (Å²) in [7, 11) is 0. The van der Waals surface area contributed by atoms with Crippen LogP contribution in [0.5, 0.6) is 23.0 Å². The van der Waals surface area contributed by atoms with Crippen molar-refractivity contribution >= 4 is 0 Å². The summed E-state index contributed by atoms with van der Waals surface area (Å²) in [5.74, 6) is 2.90. The third kappa shape index (κ3) is 8.20. The first-order chi connectivity index (χ1) is 12.8. The van der Waals surface area contributed by atoms with E-state index in [1.165, 1.54) is 0 Å². The van der Waals surface area contributed by atoms with Crippen LogP contribution in [0.2, 0.25) is 0 Å². The molecular formula is C22H38O4. The maximum atomic E-state index is 6.09. The zero-order valence-electron chi connectivity index (χ0n) is 17.3. The molecule has 4 heteroatoms. The van der Waals surface area contributed by atoms with Crippen molar-refractivity contribution < 1.29 is 18.9 Å². The van der Waals surface area contributed by atoms with E-state index in [9.17, 15) is 0 Å². The molecule has 0 atom stereocenters. The van der Waals surface area contributed by atoms with E-state index >= 15 is 0 Å². The van der Waals surface area contributed by atoms with Crippen LogP contribution in [-0.2, 0) is 0 Å². The van der Waals surface area contributed by atoms with Gasteiger partial charge in [0.05, 0.1) is 26.4 Å². The standard InChI is InChI=1S/C22H38O4/c1-5-9-15-23-19-13-14-20(24-16-10-6-2)22(26-18-12-8-4)21(19)25-17-11-7-3/h13-14H,5-12,15-18H2,1-4H3. The van der Waals surface area contributed by atoms with E-state index < -0.39 is 0 Å². The highest BCUT2D eigenvalue weighted by molar-refractivity contribution is 5.59. The van der Waals surface area contributed by atoms with E-state index in [-0.39, 0.29) is 0 Å². The van der Waals surface area contributed by atoms with Gasteiger partial charge in [-0.2, -0.15) is 0 Å². The Morgan fingerprint density at radius 2 is 0.808 bits per heavy atom. The van der Waals surface area contributed by atoms with Crippen molar-refractivity contribution in [1.82, 2.24) is 0 Å². The molecule has 4 nitrogen and oxygen atoms in total. The lowest BCUT2D eigenvalue weighted by atomic mass is 10.2. The van der Waals surface area contributed by atoms with Gasteiger partial charge in [0.2, 0.25) is 11.5 Å². The molecule has 1 rings (SSSR count). The van der Waals surface area contributed by atoms with E-state index in [1.807, 2.05) is 12.1 Å². The van der Waals surface area contributed by atoms with Gasteiger partial charge in [-0.15, -0.1) is 0 Å². The number of benzene rings is 1. The Labute approximate surface area is 160 Å². The molecule has 0 heterocycles. The molecule has 0 aromatic heterocycles. The molecular weight excluding hydrogens is 328 g/mol. The second-order valence-electron chi connectivity index (χ2n) is 6.53. The van der Waals surface area contributed by atoms with Crippen molar-refractivity contribution in [1.29, 1.82) is 0 Å². The molecule has 1 aromatic rings. The number of rotatable bonds is 16. The smallest absolute Gasteiger partial charge is 0.207 e. The fraction of sp³-hybridized carbons (Fsp3) is 0.727. The molecule has 0 aliphatic carbocycles. The Morgan fingerprint density at radius 1 is 0.500 bits per heavy atom. The van der Waals surface area contributed by atoms with Crippen LogP contribution in [0.15, 0.2) is 12.1 Å². The Hall–Kier alpha value is -1.58. The number of unbranched alkanes of at least 4 members (excludes halogenated alkanes) is 4. The number of ether oxygens (including phenoxy) is 4. The van der Waals surface area contributed by atoms with Crippen LogP contribution in [0, 0.1) is 0 Å². The minimum Gasteiger partial charge on any atom is -0.490 e. The van der Waals surface area contributed by atoms with E-state index in [0.717, 1.165) is 62.9 Å². The second kappa shape index (κ2) is 14.6. The largest absolute Gasteiger partial charge is 0.490 e. The van der Waals surface area contributed by atoms with Gasteiger partial charge in [0, 0.05) is 0 Å². The van der Waals surface area contributed by atoms with Crippen LogP contribution in [0.4, 0.5) is 0 Å². The quantitative estimate of drug-likeness (QED) is 0.317. The number of hydrogen-bond acceptors (Lipinski definition) is 4. The Bertz CT molecular complexity index is 430. The minimum absolute atomic E-state index is 0.656. The van der Waals surface area contributed by atoms with Crippen LogP contribution in [0.25, 0.3) is 0 Å². The topological polar surface area (TPSA) is 36.9 Å². The van der Waals surface area contributed by atoms with E-state index in [1.54, 1.807) is 0 Å². The number of hydrogen-bond donors (Lipinski definition) is 0. The van der Waals surface area contributed by atoms with E-state index in [2.05, 4.69) is 27.7 Å². The molecule has 0 saturated heterocycles. The van der Waals surface area contributed by atoms with Crippen molar-refractivity contribution in [3.05, 3.63) is 12.1 Å². The molecule has 0 radical (unpaired) electrons. The van der Waals surface area contributed by atoms with Crippen LogP contribution in [-0.4, -0.2) is 26.4 Å². The summed E-state index contributed by atoms with van der Waals surface area (Å²) < 4.78 is 24.1. The Morgan fingerprint density at radius 3 is 1.12 bits per heavy atom. The van der Waals surface area contributed by atoms with Gasteiger partial charge < -0.3 is 18.9 Å². The van der Waals surface area contributed by atoms with Crippen molar-refractivity contribution in [2.75, 3.05) is 26.4 Å². The van der Waals surface area contributed by atoms with Crippen LogP contribution in [0.1, 0.15) is 79.1 Å². The highest BCUT2D eigenvalue weighted by Gasteiger charge is 2.19. The molecule has 0 N–H and O–H groups in total. The van der Waals surface area contributed by atoms with Gasteiger partial charge >= 0.3 is 0 Å². The van der Waals surface area contributed by atoms with Crippen molar-refractivity contribution in [3.63, 3.8) is 0 Å². The van der Waals surface area contributed by atoms with Gasteiger partial charge in [-0.05, 0) is 37.8 Å². The van der Waals surface area contributed by atoms with Crippen LogP contribution >= 0.6 is 0 Å². The summed E-state index contributed by atoms with van der Waals surface area (Å²) in [5.41, 5.74) is 0. The first kappa shape index (κ1) is 22.5. The average Bonchev–Trinajstić information content (AvgIpc) is 2.65. The second-order valence-corrected chi connectivity index (χ2v) is 6.53. The summed E-state index contributed by atoms with van der Waals surface area (Å²) in [4.78, 5) is 0. The summed E-state index contributed by atoms with van der Waals surface area (Å²) >= 11 is 0. The molecule has 0 aliphatic rings. The molecule has 26 heavy (non-hydrogen) atoms. The van der Waals surface area contributed by atoms with Gasteiger partial charge in [0.25, 0.3) is 0 Å². The third-order valence-electron chi connectivity index (χ3n) is 4.04. The predicted molar refractivity (Wildman–Crippen MR) is 108 cm³/mol. The van der Waals surface area contributed by atoms with Gasteiger partial charge in [0.15, 0.2) is 11.5 Å². The Balaban J connectivity index is 3.04. The lowest BCUT2D eigenvalue weighted by Crippen LogP contribution is -2.08. The van der Waals surface area contributed by atoms with Gasteiger partial charge in [0.1, 0.15) is 0 Å². The molecule has 0 bridgehead atoms. The van der Waals surface area contributed by atoms with E-state index in [0.29, 0.717) is 37.9 Å². The predicted octanol–water partition coefficient (Wildman–Crippen LogP) is 6.40. The molecule has 0 spiro atoms. The molecule has 0 fully saturated rings. The van der Waals surface area contributed by atoms with Gasteiger partial charge in [-0.3, -0.25) is 0 Å². The summed E-state index contributed by atoms with van der Waals surface area (Å²) in [6.45, 7) is 11.3. The summed E-state index contributed by atoms with van der Waals surface area (Å²) in [6, 6.07) is 3.90.